The monoisotopic (exact) mass is 298 g/mol. The molecule has 0 radical (unpaired) electrons. The molecular weight excluding hydrogens is 280 g/mol. The Hall–Kier alpha value is -1.74. The Balaban J connectivity index is 1.62. The van der Waals surface area contributed by atoms with Crippen LogP contribution in [0.25, 0.3) is 11.1 Å². The van der Waals surface area contributed by atoms with Crippen molar-refractivity contribution in [1.29, 1.82) is 0 Å². The van der Waals surface area contributed by atoms with E-state index in [9.17, 15) is 4.79 Å². The highest BCUT2D eigenvalue weighted by Crippen LogP contribution is 2.26. The maximum atomic E-state index is 12.0. The molecule has 3 heteroatoms. The van der Waals surface area contributed by atoms with Gasteiger partial charge >= 0.3 is 5.97 Å². The van der Waals surface area contributed by atoms with E-state index in [0.29, 0.717) is 17.4 Å². The van der Waals surface area contributed by atoms with Gasteiger partial charge in [0.05, 0.1) is 5.56 Å². The van der Waals surface area contributed by atoms with Crippen LogP contribution in [-0.2, 0) is 4.74 Å². The molecule has 0 aliphatic carbocycles. The third-order valence-electron chi connectivity index (χ3n) is 3.65. The van der Waals surface area contributed by atoms with Gasteiger partial charge in [0.25, 0.3) is 0 Å². The minimum Gasteiger partial charge on any atom is -0.461 e. The van der Waals surface area contributed by atoms with Gasteiger partial charge in [-0.25, -0.2) is 4.79 Å². The molecule has 0 bridgehead atoms. The molecule has 0 saturated carbocycles. The summed E-state index contributed by atoms with van der Waals surface area (Å²) in [5.74, 6) is 0.968. The number of carbonyl (C=O) groups is 1. The molecule has 1 fully saturated rings. The predicted octanol–water partition coefficient (Wildman–Crippen LogP) is 4.41. The second kappa shape index (κ2) is 6.81. The number of hydrogen-bond acceptors (Lipinski definition) is 3. The third kappa shape index (κ3) is 3.67. The van der Waals surface area contributed by atoms with E-state index in [1.54, 1.807) is 0 Å². The summed E-state index contributed by atoms with van der Waals surface area (Å²) in [7, 11) is 0. The summed E-state index contributed by atoms with van der Waals surface area (Å²) in [5, 5.41) is 0.484. The largest absolute Gasteiger partial charge is 0.461 e. The Morgan fingerprint density at radius 1 is 1.05 bits per heavy atom. The summed E-state index contributed by atoms with van der Waals surface area (Å²) in [6, 6.07) is 17.8. The van der Waals surface area contributed by atoms with Crippen LogP contribution >= 0.6 is 11.8 Å². The van der Waals surface area contributed by atoms with Crippen LogP contribution in [0, 0.1) is 0 Å². The molecule has 2 nitrogen and oxygen atoms in total. The van der Waals surface area contributed by atoms with Crippen LogP contribution in [0.5, 0.6) is 0 Å². The average Bonchev–Trinajstić information content (AvgIpc) is 3.07. The lowest BCUT2D eigenvalue weighted by Gasteiger charge is -2.10. The average molecular weight is 298 g/mol. The lowest BCUT2D eigenvalue weighted by atomic mass is 10.0. The van der Waals surface area contributed by atoms with Crippen LogP contribution in [0.3, 0.4) is 0 Å². The van der Waals surface area contributed by atoms with E-state index >= 15 is 0 Å². The van der Waals surface area contributed by atoms with Crippen LogP contribution < -0.4 is 0 Å². The number of benzene rings is 2. The van der Waals surface area contributed by atoms with Gasteiger partial charge in [0.1, 0.15) is 6.61 Å². The quantitative estimate of drug-likeness (QED) is 0.782. The van der Waals surface area contributed by atoms with Crippen molar-refractivity contribution in [2.24, 2.45) is 0 Å². The van der Waals surface area contributed by atoms with Gasteiger partial charge in [-0.1, -0.05) is 42.5 Å². The minimum atomic E-state index is -0.220. The van der Waals surface area contributed by atoms with Gasteiger partial charge in [-0.15, -0.1) is 0 Å². The summed E-state index contributed by atoms with van der Waals surface area (Å²) in [6.45, 7) is 0.532. The highest BCUT2D eigenvalue weighted by atomic mass is 32.2. The molecule has 2 aromatic rings. The lowest BCUT2D eigenvalue weighted by molar-refractivity contribution is 0.0506. The smallest absolute Gasteiger partial charge is 0.338 e. The fourth-order valence-corrected chi connectivity index (χ4v) is 3.62. The van der Waals surface area contributed by atoms with Gasteiger partial charge in [0.2, 0.25) is 0 Å². The lowest BCUT2D eigenvalue weighted by Crippen LogP contribution is -2.13. The summed E-state index contributed by atoms with van der Waals surface area (Å²) in [5.41, 5.74) is 2.89. The van der Waals surface area contributed by atoms with E-state index in [1.165, 1.54) is 12.2 Å². The molecule has 1 aliphatic heterocycles. The maximum Gasteiger partial charge on any atom is 0.338 e. The number of thioether (sulfide) groups is 1. The van der Waals surface area contributed by atoms with Gasteiger partial charge in [0, 0.05) is 5.25 Å². The highest BCUT2D eigenvalue weighted by molar-refractivity contribution is 8.00. The first-order valence-electron chi connectivity index (χ1n) is 7.27. The molecule has 0 amide bonds. The van der Waals surface area contributed by atoms with Crippen molar-refractivity contribution in [2.45, 2.75) is 18.1 Å². The van der Waals surface area contributed by atoms with Crippen LogP contribution in [0.1, 0.15) is 23.2 Å². The zero-order valence-corrected chi connectivity index (χ0v) is 12.6. The second-order valence-corrected chi connectivity index (χ2v) is 6.59. The number of esters is 1. The summed E-state index contributed by atoms with van der Waals surface area (Å²) >= 11 is 1.90. The zero-order valence-electron chi connectivity index (χ0n) is 11.8. The van der Waals surface area contributed by atoms with Crippen molar-refractivity contribution in [2.75, 3.05) is 12.4 Å². The number of rotatable bonds is 4. The van der Waals surface area contributed by atoms with E-state index < -0.39 is 0 Å². The molecule has 1 aliphatic rings. The number of carbonyl (C=O) groups excluding carboxylic acids is 1. The minimum absolute atomic E-state index is 0.220. The molecular formula is C18H18O2S. The Labute approximate surface area is 129 Å². The van der Waals surface area contributed by atoms with E-state index in [2.05, 4.69) is 12.1 Å². The van der Waals surface area contributed by atoms with E-state index in [0.717, 1.165) is 17.5 Å². The Bertz CT molecular complexity index is 586. The molecule has 0 spiro atoms. The van der Waals surface area contributed by atoms with Crippen molar-refractivity contribution < 1.29 is 9.53 Å². The normalized spacial score (nSPS) is 17.6. The highest BCUT2D eigenvalue weighted by Gasteiger charge is 2.18. The van der Waals surface area contributed by atoms with E-state index in [-0.39, 0.29) is 5.97 Å². The Morgan fingerprint density at radius 2 is 1.76 bits per heavy atom. The van der Waals surface area contributed by atoms with Crippen LogP contribution in [0.15, 0.2) is 54.6 Å². The maximum absolute atomic E-state index is 12.0. The van der Waals surface area contributed by atoms with Crippen molar-refractivity contribution in [3.8, 4) is 11.1 Å². The van der Waals surface area contributed by atoms with Gasteiger partial charge in [0.15, 0.2) is 0 Å². The van der Waals surface area contributed by atoms with Crippen LogP contribution in [0.4, 0.5) is 0 Å². The fraction of sp³-hybridized carbons (Fsp3) is 0.278. The van der Waals surface area contributed by atoms with Gasteiger partial charge in [-0.05, 0) is 41.9 Å². The second-order valence-electron chi connectivity index (χ2n) is 5.18. The first-order valence-corrected chi connectivity index (χ1v) is 8.32. The molecule has 0 N–H and O–H groups in total. The number of ether oxygens (including phenoxy) is 1. The molecule has 0 unspecified atom stereocenters. The molecule has 21 heavy (non-hydrogen) atoms. The van der Waals surface area contributed by atoms with Crippen molar-refractivity contribution >= 4 is 17.7 Å². The summed E-state index contributed by atoms with van der Waals surface area (Å²) in [6.07, 6.45) is 2.39. The standard InChI is InChI=1S/C18H18O2S/c19-18(20-13-17-7-4-12-21-17)16-10-8-15(9-11-16)14-5-2-1-3-6-14/h1-3,5-6,8-11,17H,4,7,12-13H2/t17-/m0/s1. The van der Waals surface area contributed by atoms with Gasteiger partial charge < -0.3 is 4.74 Å². The van der Waals surface area contributed by atoms with Gasteiger partial charge in [-0.3, -0.25) is 0 Å². The first-order chi connectivity index (χ1) is 10.3. The van der Waals surface area contributed by atoms with Crippen molar-refractivity contribution in [3.05, 3.63) is 60.2 Å². The first kappa shape index (κ1) is 14.2. The van der Waals surface area contributed by atoms with Crippen molar-refractivity contribution in [1.82, 2.24) is 0 Å². The number of hydrogen-bond donors (Lipinski definition) is 0. The molecule has 3 rings (SSSR count). The summed E-state index contributed by atoms with van der Waals surface area (Å²) in [4.78, 5) is 12.0. The molecule has 1 heterocycles. The topological polar surface area (TPSA) is 26.3 Å². The third-order valence-corrected chi connectivity index (χ3v) is 5.02. The molecule has 1 saturated heterocycles. The van der Waals surface area contributed by atoms with Crippen LogP contribution in [0.2, 0.25) is 0 Å². The van der Waals surface area contributed by atoms with E-state index in [1.807, 2.05) is 54.2 Å². The fourth-order valence-electron chi connectivity index (χ4n) is 2.46. The van der Waals surface area contributed by atoms with Crippen LogP contribution in [-0.4, -0.2) is 23.6 Å². The van der Waals surface area contributed by atoms with Gasteiger partial charge in [-0.2, -0.15) is 11.8 Å². The predicted molar refractivity (Wildman–Crippen MR) is 87.6 cm³/mol. The molecule has 108 valence electrons. The van der Waals surface area contributed by atoms with Crippen molar-refractivity contribution in [3.63, 3.8) is 0 Å². The summed E-state index contributed by atoms with van der Waals surface area (Å²) < 4.78 is 5.40. The molecule has 2 aromatic carbocycles. The SMILES string of the molecule is O=C(OC[C@@H]1CCCS1)c1ccc(-c2ccccc2)cc1. The molecule has 1 atom stereocenters. The Kier molecular flexibility index (Phi) is 4.61. The van der Waals surface area contributed by atoms with E-state index in [4.69, 9.17) is 4.74 Å². The molecule has 0 aromatic heterocycles. The zero-order chi connectivity index (χ0) is 14.5. The Morgan fingerprint density at radius 3 is 2.43 bits per heavy atom.